The summed E-state index contributed by atoms with van der Waals surface area (Å²) in [5.41, 5.74) is -0.903. The van der Waals surface area contributed by atoms with E-state index in [2.05, 4.69) is 18.4 Å². The summed E-state index contributed by atoms with van der Waals surface area (Å²) in [6.07, 6.45) is 5.07. The Morgan fingerprint density at radius 1 is 1.32 bits per heavy atom. The molecule has 0 aromatic heterocycles. The van der Waals surface area contributed by atoms with Crippen molar-refractivity contribution < 1.29 is 19.2 Å². The average molecular weight is 309 g/mol. The Hall–Kier alpha value is -0.655. The highest BCUT2D eigenvalue weighted by Gasteiger charge is 2.58. The lowest BCUT2D eigenvalue weighted by molar-refractivity contribution is -0.170. The van der Waals surface area contributed by atoms with Crippen LogP contribution in [-0.4, -0.2) is 49.5 Å². The minimum atomic E-state index is -0.903. The minimum absolute atomic E-state index is 0.0374. The number of aliphatic hydroxyl groups is 1. The highest BCUT2D eigenvalue weighted by Crippen LogP contribution is 2.47. The van der Waals surface area contributed by atoms with Gasteiger partial charge in [0.25, 0.3) is 0 Å². The number of fused-ring (bicyclic) bond motifs is 1. The van der Waals surface area contributed by atoms with Gasteiger partial charge in [0, 0.05) is 19.1 Å². The molecule has 0 aromatic carbocycles. The topological polar surface area (TPSA) is 60.0 Å². The normalized spacial score (nSPS) is 33.5. The van der Waals surface area contributed by atoms with Crippen LogP contribution in [0.3, 0.4) is 0 Å². The molecule has 6 heteroatoms. The molecule has 1 saturated carbocycles. The third-order valence-electron chi connectivity index (χ3n) is 4.64. The van der Waals surface area contributed by atoms with Crippen LogP contribution in [0.2, 0.25) is 0 Å². The van der Waals surface area contributed by atoms with E-state index >= 15 is 0 Å². The van der Waals surface area contributed by atoms with Crippen molar-refractivity contribution in [3.63, 3.8) is 0 Å². The zero-order chi connectivity index (χ0) is 16.4. The molecular weight excluding hydrogens is 281 g/mol. The van der Waals surface area contributed by atoms with Crippen molar-refractivity contribution in [2.45, 2.75) is 62.7 Å². The van der Waals surface area contributed by atoms with E-state index < -0.39 is 11.4 Å². The molecule has 2 N–H and O–H groups in total. The number of ether oxygens (including phenoxy) is 2. The van der Waals surface area contributed by atoms with Gasteiger partial charge in [0.15, 0.2) is 5.79 Å². The van der Waals surface area contributed by atoms with Crippen LogP contribution in [-0.2, 0) is 14.1 Å². The third kappa shape index (κ3) is 3.47. The molecule has 0 unspecified atom stereocenters. The Balaban J connectivity index is 2.23. The van der Waals surface area contributed by atoms with Crippen molar-refractivity contribution in [2.24, 2.45) is 5.92 Å². The van der Waals surface area contributed by atoms with E-state index in [0.717, 1.165) is 6.42 Å². The predicted molar refractivity (Wildman–Crippen MR) is 87.6 cm³/mol. The van der Waals surface area contributed by atoms with Crippen molar-refractivity contribution in [2.75, 3.05) is 7.11 Å². The number of hydrogen-bond acceptors (Lipinski definition) is 5. The molecule has 2 rings (SSSR count). The fraction of sp³-hybridized carbons (Fsp3) is 0.750. The van der Waals surface area contributed by atoms with E-state index in [4.69, 9.17) is 14.1 Å². The van der Waals surface area contributed by atoms with Gasteiger partial charge in [0.05, 0.1) is 11.7 Å². The zero-order valence-corrected chi connectivity index (χ0v) is 13.9. The van der Waals surface area contributed by atoms with Gasteiger partial charge < -0.3 is 24.5 Å². The second-order valence-corrected chi connectivity index (χ2v) is 6.74. The molecule has 0 aromatic rings. The van der Waals surface area contributed by atoms with Crippen LogP contribution >= 0.6 is 0 Å². The van der Waals surface area contributed by atoms with Gasteiger partial charge in [0.2, 0.25) is 0 Å². The first-order chi connectivity index (χ1) is 10.4. The molecule has 2 aliphatic rings. The van der Waals surface area contributed by atoms with Gasteiger partial charge in [0.1, 0.15) is 6.10 Å². The van der Waals surface area contributed by atoms with Gasteiger partial charge in [-0.2, -0.15) is 0 Å². The lowest BCUT2D eigenvalue weighted by Crippen LogP contribution is -2.43. The van der Waals surface area contributed by atoms with Gasteiger partial charge in [-0.15, -0.1) is 13.2 Å². The summed E-state index contributed by atoms with van der Waals surface area (Å²) in [6, 6.07) is 0.0953. The van der Waals surface area contributed by atoms with E-state index in [1.165, 1.54) is 0 Å². The average Bonchev–Trinajstić information content (AvgIpc) is 2.90. The Kier molecular flexibility index (Phi) is 5.51. The monoisotopic (exact) mass is 309 g/mol. The van der Waals surface area contributed by atoms with Crippen LogP contribution in [0.5, 0.6) is 0 Å². The number of rotatable bonds is 8. The lowest BCUT2D eigenvalue weighted by Gasteiger charge is -2.36. The molecule has 1 aliphatic heterocycles. The van der Waals surface area contributed by atoms with Crippen LogP contribution in [0.1, 0.15) is 33.1 Å². The molecule has 0 radical (unpaired) electrons. The van der Waals surface area contributed by atoms with Crippen LogP contribution < -0.4 is 5.23 Å². The summed E-state index contributed by atoms with van der Waals surface area (Å²) < 4.78 is 17.3. The summed E-state index contributed by atoms with van der Waals surface area (Å²) in [5, 5.41) is 14.5. The third-order valence-corrected chi connectivity index (χ3v) is 4.64. The first-order valence-corrected chi connectivity index (χ1v) is 7.89. The lowest BCUT2D eigenvalue weighted by atomic mass is 9.79. The van der Waals surface area contributed by atoms with Gasteiger partial charge in [-0.3, -0.25) is 0 Å². The Labute approximate surface area is 134 Å². The molecule has 2 fully saturated rings. The molecule has 1 aliphatic carbocycles. The maximum Gasteiger partial charge on any atom is 0.360 e. The minimum Gasteiger partial charge on any atom is -0.427 e. The van der Waals surface area contributed by atoms with Crippen LogP contribution in [0.25, 0.3) is 0 Å². The molecule has 0 spiro atoms. The van der Waals surface area contributed by atoms with Crippen LogP contribution in [0.4, 0.5) is 0 Å². The van der Waals surface area contributed by atoms with E-state index in [0.29, 0.717) is 20.5 Å². The quantitative estimate of drug-likeness (QED) is 0.522. The van der Waals surface area contributed by atoms with Crippen LogP contribution in [0.15, 0.2) is 25.3 Å². The van der Waals surface area contributed by atoms with Crippen molar-refractivity contribution in [3.05, 3.63) is 25.3 Å². The molecule has 124 valence electrons. The summed E-state index contributed by atoms with van der Waals surface area (Å²) in [7, 11) is 2.10. The highest BCUT2D eigenvalue weighted by atomic mass is 16.8. The number of hydrogen-bond donors (Lipinski definition) is 2. The smallest absolute Gasteiger partial charge is 0.360 e. The largest absolute Gasteiger partial charge is 0.427 e. The maximum absolute atomic E-state index is 11.1. The van der Waals surface area contributed by atoms with Gasteiger partial charge >= 0.3 is 7.62 Å². The zero-order valence-electron chi connectivity index (χ0n) is 13.9. The second kappa shape index (κ2) is 6.85. The summed E-state index contributed by atoms with van der Waals surface area (Å²) in [5.74, 6) is -0.672. The molecule has 1 saturated heterocycles. The van der Waals surface area contributed by atoms with E-state index in [9.17, 15) is 5.11 Å². The van der Waals surface area contributed by atoms with Gasteiger partial charge in [-0.05, 0) is 33.1 Å². The molecule has 22 heavy (non-hydrogen) atoms. The van der Waals surface area contributed by atoms with E-state index in [1.54, 1.807) is 19.3 Å². The standard InChI is InChI=1S/C16H28BNO4/c1-6-8-16(19,9-7-2)11-10-12(18-17-20-5)14-13(11)21-15(3,4)22-14/h6-7,11-14,17-19H,1-2,8-10H2,3-5H3/t11-,12+,13+,14-/m0/s1. The SMILES string of the molecule is C=CCC(O)(CC=C)[C@H]1C[C@@H](NBOC)[C@@H]2OC(C)(C)O[C@@H]21. The van der Waals surface area contributed by atoms with E-state index in [1.807, 2.05) is 13.8 Å². The number of nitrogens with one attached hydrogen (secondary N) is 1. The van der Waals surface area contributed by atoms with Crippen molar-refractivity contribution >= 4 is 7.62 Å². The predicted octanol–water partition coefficient (Wildman–Crippen LogP) is 1.28. The summed E-state index contributed by atoms with van der Waals surface area (Å²) in [4.78, 5) is 0. The van der Waals surface area contributed by atoms with Crippen molar-refractivity contribution in [1.29, 1.82) is 0 Å². The molecular formula is C16H28BNO4. The molecule has 0 amide bonds. The second-order valence-electron chi connectivity index (χ2n) is 6.74. The summed E-state index contributed by atoms with van der Waals surface area (Å²) >= 11 is 0. The fourth-order valence-electron chi connectivity index (χ4n) is 3.78. The molecule has 1 heterocycles. The van der Waals surface area contributed by atoms with E-state index in [-0.39, 0.29) is 24.2 Å². The molecule has 4 atom stereocenters. The maximum atomic E-state index is 11.1. The van der Waals surface area contributed by atoms with Gasteiger partial charge in [-0.1, -0.05) is 12.2 Å². The Morgan fingerprint density at radius 2 is 1.91 bits per heavy atom. The highest BCUT2D eigenvalue weighted by molar-refractivity contribution is 6.23. The molecule has 0 bridgehead atoms. The molecule has 5 nitrogen and oxygen atoms in total. The Morgan fingerprint density at radius 3 is 2.45 bits per heavy atom. The van der Waals surface area contributed by atoms with Gasteiger partial charge in [-0.25, -0.2) is 0 Å². The first kappa shape index (κ1) is 17.7. The summed E-state index contributed by atoms with van der Waals surface area (Å²) in [6.45, 7) is 11.4. The first-order valence-electron chi connectivity index (χ1n) is 7.89. The fourth-order valence-corrected chi connectivity index (χ4v) is 3.78. The van der Waals surface area contributed by atoms with Crippen LogP contribution in [0, 0.1) is 5.92 Å². The Bertz CT molecular complexity index is 405. The van der Waals surface area contributed by atoms with Crippen molar-refractivity contribution in [1.82, 2.24) is 5.23 Å². The van der Waals surface area contributed by atoms with Crippen molar-refractivity contribution in [3.8, 4) is 0 Å².